The Bertz CT molecular complexity index is 704. The lowest BCUT2D eigenvalue weighted by Crippen LogP contribution is -1.82. The molecule has 0 saturated carbocycles. The molecule has 0 atom stereocenters. The molecule has 0 aliphatic heterocycles. The highest BCUT2D eigenvalue weighted by Gasteiger charge is 2.06. The highest BCUT2D eigenvalue weighted by molar-refractivity contribution is 9.08. The van der Waals surface area contributed by atoms with Gasteiger partial charge in [0.2, 0.25) is 0 Å². The van der Waals surface area contributed by atoms with Crippen LogP contribution in [0.1, 0.15) is 5.56 Å². The number of halogens is 2. The van der Waals surface area contributed by atoms with Crippen LogP contribution in [0.15, 0.2) is 53.9 Å². The minimum absolute atomic E-state index is 0.226. The first-order valence-electron chi connectivity index (χ1n) is 6.13. The Kier molecular flexibility index (Phi) is 3.94. The van der Waals surface area contributed by atoms with Crippen molar-refractivity contribution >= 4 is 27.3 Å². The minimum atomic E-state index is -0.226. The van der Waals surface area contributed by atoms with Crippen LogP contribution in [0.2, 0.25) is 0 Å². The van der Waals surface area contributed by atoms with Crippen molar-refractivity contribution in [3.05, 3.63) is 65.3 Å². The summed E-state index contributed by atoms with van der Waals surface area (Å²) in [6, 6.07) is 14.7. The van der Waals surface area contributed by atoms with E-state index in [1.807, 2.05) is 5.38 Å². The summed E-state index contributed by atoms with van der Waals surface area (Å²) in [5.74, 6) is -0.226. The molecular formula is C16H11BrFNS. The van der Waals surface area contributed by atoms with E-state index in [1.165, 1.54) is 17.7 Å². The van der Waals surface area contributed by atoms with E-state index in [0.29, 0.717) is 0 Å². The normalized spacial score (nSPS) is 10.7. The van der Waals surface area contributed by atoms with E-state index in [2.05, 4.69) is 45.2 Å². The van der Waals surface area contributed by atoms with Gasteiger partial charge in [-0.3, -0.25) is 0 Å². The third kappa shape index (κ3) is 2.81. The standard InChI is InChI=1S/C16H11BrFNS/c17-9-11-1-3-12(4-2-11)15-10-20-16(19-15)13-5-7-14(18)8-6-13/h1-8,10H,9H2. The highest BCUT2D eigenvalue weighted by Crippen LogP contribution is 2.29. The molecule has 0 unspecified atom stereocenters. The molecule has 0 N–H and O–H groups in total. The molecule has 0 bridgehead atoms. The molecule has 100 valence electrons. The molecule has 0 amide bonds. The molecule has 0 radical (unpaired) electrons. The molecule has 3 aromatic rings. The molecule has 0 aliphatic rings. The van der Waals surface area contributed by atoms with Crippen molar-refractivity contribution < 1.29 is 4.39 Å². The molecule has 3 rings (SSSR count). The molecule has 0 saturated heterocycles. The van der Waals surface area contributed by atoms with Gasteiger partial charge in [-0.05, 0) is 29.8 Å². The summed E-state index contributed by atoms with van der Waals surface area (Å²) in [7, 11) is 0. The maximum atomic E-state index is 12.9. The van der Waals surface area contributed by atoms with Gasteiger partial charge in [0.05, 0.1) is 5.69 Å². The predicted octanol–water partition coefficient (Wildman–Crippen LogP) is 5.51. The van der Waals surface area contributed by atoms with Crippen molar-refractivity contribution in [1.82, 2.24) is 4.98 Å². The SMILES string of the molecule is Fc1ccc(-c2nc(-c3ccc(CBr)cc3)cs2)cc1. The Morgan fingerprint density at radius 3 is 2.25 bits per heavy atom. The summed E-state index contributed by atoms with van der Waals surface area (Å²) in [6.07, 6.45) is 0. The number of rotatable bonds is 3. The lowest BCUT2D eigenvalue weighted by Gasteiger charge is -1.99. The van der Waals surface area contributed by atoms with Crippen LogP contribution >= 0.6 is 27.3 Å². The zero-order valence-corrected chi connectivity index (χ0v) is 12.9. The molecule has 0 fully saturated rings. The second kappa shape index (κ2) is 5.85. The van der Waals surface area contributed by atoms with E-state index in [9.17, 15) is 4.39 Å². The molecule has 2 aromatic carbocycles. The van der Waals surface area contributed by atoms with E-state index in [1.54, 1.807) is 23.5 Å². The van der Waals surface area contributed by atoms with Crippen molar-refractivity contribution in [3.8, 4) is 21.8 Å². The largest absolute Gasteiger partial charge is 0.236 e. The maximum Gasteiger partial charge on any atom is 0.124 e. The molecule has 1 nitrogen and oxygen atoms in total. The fourth-order valence-electron chi connectivity index (χ4n) is 1.90. The number of hydrogen-bond acceptors (Lipinski definition) is 2. The average molecular weight is 348 g/mol. The van der Waals surface area contributed by atoms with Crippen LogP contribution in [0.4, 0.5) is 4.39 Å². The predicted molar refractivity (Wildman–Crippen MR) is 85.6 cm³/mol. The second-order valence-corrected chi connectivity index (χ2v) is 5.79. The van der Waals surface area contributed by atoms with Crippen molar-refractivity contribution in [1.29, 1.82) is 0 Å². The van der Waals surface area contributed by atoms with Crippen LogP contribution in [0.3, 0.4) is 0 Å². The van der Waals surface area contributed by atoms with Crippen LogP contribution in [0.5, 0.6) is 0 Å². The van der Waals surface area contributed by atoms with Crippen molar-refractivity contribution in [2.45, 2.75) is 5.33 Å². The quantitative estimate of drug-likeness (QED) is 0.569. The zero-order valence-electron chi connectivity index (χ0n) is 10.5. The van der Waals surface area contributed by atoms with Gasteiger partial charge in [-0.25, -0.2) is 9.37 Å². The Morgan fingerprint density at radius 1 is 0.950 bits per heavy atom. The van der Waals surface area contributed by atoms with Crippen molar-refractivity contribution in [2.75, 3.05) is 0 Å². The first-order valence-corrected chi connectivity index (χ1v) is 8.13. The van der Waals surface area contributed by atoms with Gasteiger partial charge in [0, 0.05) is 21.8 Å². The number of benzene rings is 2. The van der Waals surface area contributed by atoms with Crippen LogP contribution in [0, 0.1) is 5.82 Å². The van der Waals surface area contributed by atoms with Crippen LogP contribution < -0.4 is 0 Å². The van der Waals surface area contributed by atoms with Crippen LogP contribution in [-0.4, -0.2) is 4.98 Å². The summed E-state index contributed by atoms with van der Waals surface area (Å²) in [4.78, 5) is 4.62. The Labute approximate surface area is 129 Å². The van der Waals surface area contributed by atoms with E-state index in [-0.39, 0.29) is 5.82 Å². The number of aromatic nitrogens is 1. The fourth-order valence-corrected chi connectivity index (χ4v) is 3.11. The van der Waals surface area contributed by atoms with Gasteiger partial charge in [0.15, 0.2) is 0 Å². The Balaban J connectivity index is 1.91. The molecular weight excluding hydrogens is 337 g/mol. The van der Waals surface area contributed by atoms with Gasteiger partial charge in [-0.2, -0.15) is 0 Å². The smallest absolute Gasteiger partial charge is 0.124 e. The third-order valence-corrected chi connectivity index (χ3v) is 4.54. The molecule has 0 spiro atoms. The molecule has 1 heterocycles. The zero-order chi connectivity index (χ0) is 13.9. The van der Waals surface area contributed by atoms with E-state index < -0.39 is 0 Å². The first kappa shape index (κ1) is 13.5. The molecule has 0 aliphatic carbocycles. The lowest BCUT2D eigenvalue weighted by molar-refractivity contribution is 0.628. The molecule has 20 heavy (non-hydrogen) atoms. The van der Waals surface area contributed by atoms with Gasteiger partial charge in [0.1, 0.15) is 10.8 Å². The summed E-state index contributed by atoms with van der Waals surface area (Å²) in [5, 5.41) is 3.79. The van der Waals surface area contributed by atoms with E-state index in [4.69, 9.17) is 0 Å². The molecule has 4 heteroatoms. The maximum absolute atomic E-state index is 12.9. The fraction of sp³-hybridized carbons (Fsp3) is 0.0625. The lowest BCUT2D eigenvalue weighted by atomic mass is 10.1. The van der Waals surface area contributed by atoms with Gasteiger partial charge in [0.25, 0.3) is 0 Å². The monoisotopic (exact) mass is 347 g/mol. The summed E-state index contributed by atoms with van der Waals surface area (Å²) in [5.41, 5.74) is 4.23. The second-order valence-electron chi connectivity index (χ2n) is 4.38. The van der Waals surface area contributed by atoms with Crippen molar-refractivity contribution in [3.63, 3.8) is 0 Å². The van der Waals surface area contributed by atoms with E-state index in [0.717, 1.165) is 27.2 Å². The van der Waals surface area contributed by atoms with Gasteiger partial charge >= 0.3 is 0 Å². The summed E-state index contributed by atoms with van der Waals surface area (Å²) >= 11 is 5.01. The van der Waals surface area contributed by atoms with Crippen molar-refractivity contribution in [2.24, 2.45) is 0 Å². The highest BCUT2D eigenvalue weighted by atomic mass is 79.9. The number of hydrogen-bond donors (Lipinski definition) is 0. The minimum Gasteiger partial charge on any atom is -0.236 e. The average Bonchev–Trinajstić information content (AvgIpc) is 2.98. The number of alkyl halides is 1. The van der Waals surface area contributed by atoms with Crippen LogP contribution in [0.25, 0.3) is 21.8 Å². The Morgan fingerprint density at radius 2 is 1.60 bits per heavy atom. The molecule has 1 aromatic heterocycles. The number of nitrogens with zero attached hydrogens (tertiary/aromatic N) is 1. The van der Waals surface area contributed by atoms with E-state index >= 15 is 0 Å². The van der Waals surface area contributed by atoms with Crippen LogP contribution in [-0.2, 0) is 5.33 Å². The van der Waals surface area contributed by atoms with Gasteiger partial charge < -0.3 is 0 Å². The topological polar surface area (TPSA) is 12.9 Å². The summed E-state index contributed by atoms with van der Waals surface area (Å²) < 4.78 is 12.9. The Hall–Kier alpha value is -1.52. The number of thiazole rings is 1. The third-order valence-electron chi connectivity index (χ3n) is 3.00. The van der Waals surface area contributed by atoms with Gasteiger partial charge in [-0.1, -0.05) is 40.2 Å². The van der Waals surface area contributed by atoms with Gasteiger partial charge in [-0.15, -0.1) is 11.3 Å². The first-order chi connectivity index (χ1) is 9.76. The summed E-state index contributed by atoms with van der Waals surface area (Å²) in [6.45, 7) is 0.